The number of sulfonamides is 1. The number of nitrogens with zero attached hydrogens (tertiary/aromatic N) is 2. The van der Waals surface area contributed by atoms with E-state index in [1.165, 1.54) is 17.1 Å². The smallest absolute Gasteiger partial charge is 0.269 e. The van der Waals surface area contributed by atoms with E-state index < -0.39 is 34.4 Å². The molecule has 8 heteroatoms. The molecule has 0 aromatic heterocycles. The van der Waals surface area contributed by atoms with E-state index in [9.17, 15) is 18.0 Å². The van der Waals surface area contributed by atoms with E-state index in [-0.39, 0.29) is 10.5 Å². The number of hydrogen-bond acceptors (Lipinski definition) is 5. The molecule has 37 heavy (non-hydrogen) atoms. The highest BCUT2D eigenvalue weighted by Crippen LogP contribution is 2.44. The van der Waals surface area contributed by atoms with Crippen LogP contribution in [-0.2, 0) is 14.8 Å². The average Bonchev–Trinajstić information content (AvgIpc) is 3.40. The lowest BCUT2D eigenvalue weighted by atomic mass is 9.86. The highest BCUT2D eigenvalue weighted by Gasteiger charge is 2.45. The lowest BCUT2D eigenvalue weighted by Crippen LogP contribution is -2.47. The lowest BCUT2D eigenvalue weighted by Gasteiger charge is -2.28. The van der Waals surface area contributed by atoms with Gasteiger partial charge in [0.2, 0.25) is 0 Å². The summed E-state index contributed by atoms with van der Waals surface area (Å²) < 4.78 is 26.9. The lowest BCUT2D eigenvalue weighted by molar-refractivity contribution is -0.134. The number of hydrazine groups is 1. The third kappa shape index (κ3) is 3.94. The van der Waals surface area contributed by atoms with Gasteiger partial charge in [-0.05, 0) is 59.7 Å². The maximum absolute atomic E-state index is 13.7. The number of carbonyl (C=O) groups is 2. The molecule has 1 atom stereocenters. The summed E-state index contributed by atoms with van der Waals surface area (Å²) >= 11 is 0. The Kier molecular flexibility index (Phi) is 5.68. The SMILES string of the molecule is O=C(CN1C(=O)c2ccccc2S1(=O)=O)N1NC2=C(CCC/C2=C\c2ccccc2)[C@@H]1c1ccccc1. The van der Waals surface area contributed by atoms with Crippen molar-refractivity contribution in [3.63, 3.8) is 0 Å². The van der Waals surface area contributed by atoms with E-state index in [2.05, 4.69) is 11.5 Å². The Bertz CT molecular complexity index is 1560. The number of hydrogen-bond donors (Lipinski definition) is 1. The van der Waals surface area contributed by atoms with Crippen molar-refractivity contribution in [2.24, 2.45) is 0 Å². The van der Waals surface area contributed by atoms with Gasteiger partial charge in [0.05, 0.1) is 11.3 Å². The van der Waals surface area contributed by atoms with E-state index >= 15 is 0 Å². The summed E-state index contributed by atoms with van der Waals surface area (Å²) in [5.41, 5.74) is 8.48. The fourth-order valence-corrected chi connectivity index (χ4v) is 6.87. The molecule has 0 saturated heterocycles. The Balaban J connectivity index is 1.36. The van der Waals surface area contributed by atoms with Crippen molar-refractivity contribution in [1.29, 1.82) is 0 Å². The summed E-state index contributed by atoms with van der Waals surface area (Å²) in [6.45, 7) is -0.579. The molecule has 6 rings (SSSR count). The quantitative estimate of drug-likeness (QED) is 0.560. The summed E-state index contributed by atoms with van der Waals surface area (Å²) in [5.74, 6) is -1.17. The first-order valence-electron chi connectivity index (χ1n) is 12.2. The second-order valence-electron chi connectivity index (χ2n) is 9.34. The highest BCUT2D eigenvalue weighted by atomic mass is 32.2. The average molecular weight is 512 g/mol. The predicted molar refractivity (Wildman–Crippen MR) is 139 cm³/mol. The van der Waals surface area contributed by atoms with Crippen LogP contribution in [0, 0.1) is 0 Å². The normalized spacial score (nSPS) is 21.1. The molecular formula is C29H25N3O4S. The molecule has 0 fully saturated rings. The molecule has 2 amide bonds. The van der Waals surface area contributed by atoms with Gasteiger partial charge in [0.15, 0.2) is 0 Å². The summed E-state index contributed by atoms with van der Waals surface area (Å²) in [7, 11) is -4.10. The zero-order valence-corrected chi connectivity index (χ0v) is 20.8. The molecule has 0 bridgehead atoms. The van der Waals surface area contributed by atoms with Crippen LogP contribution in [0.15, 0.2) is 107 Å². The molecule has 2 aliphatic heterocycles. The minimum Gasteiger partial charge on any atom is -0.295 e. The molecule has 186 valence electrons. The molecule has 0 unspecified atom stereocenters. The molecule has 2 heterocycles. The van der Waals surface area contributed by atoms with Crippen LogP contribution < -0.4 is 5.43 Å². The van der Waals surface area contributed by atoms with Gasteiger partial charge in [-0.1, -0.05) is 72.8 Å². The van der Waals surface area contributed by atoms with Crippen LogP contribution in [0.25, 0.3) is 6.08 Å². The minimum atomic E-state index is -4.10. The largest absolute Gasteiger partial charge is 0.295 e. The summed E-state index contributed by atoms with van der Waals surface area (Å²) in [6.07, 6.45) is 4.74. The molecule has 3 aromatic carbocycles. The van der Waals surface area contributed by atoms with Gasteiger partial charge in [-0.3, -0.25) is 15.0 Å². The first kappa shape index (κ1) is 23.2. The van der Waals surface area contributed by atoms with Crippen molar-refractivity contribution >= 4 is 27.9 Å². The summed E-state index contributed by atoms with van der Waals surface area (Å²) in [4.78, 5) is 26.6. The standard InChI is InChI=1S/C29H25N3O4S/c33-26(19-31-29(34)23-15-7-8-17-25(23)37(31,35)36)32-28(21-12-5-2-6-13-21)24-16-9-14-22(27(24)30-32)18-20-10-3-1-4-11-20/h1-8,10-13,15,17-18,28,30H,9,14,16,19H2/b22-18+/t28-/m0/s1. The van der Waals surface area contributed by atoms with Gasteiger partial charge in [-0.2, -0.15) is 0 Å². The molecule has 0 spiro atoms. The number of amides is 2. The zero-order valence-electron chi connectivity index (χ0n) is 20.0. The van der Waals surface area contributed by atoms with Gasteiger partial charge in [0.25, 0.3) is 21.8 Å². The van der Waals surface area contributed by atoms with E-state index in [1.807, 2.05) is 60.7 Å². The fraction of sp³-hybridized carbons (Fsp3) is 0.172. The van der Waals surface area contributed by atoms with Crippen LogP contribution in [0.1, 0.15) is 46.8 Å². The number of fused-ring (bicyclic) bond motifs is 1. The van der Waals surface area contributed by atoms with Crippen molar-refractivity contribution in [1.82, 2.24) is 14.7 Å². The Morgan fingerprint density at radius 2 is 1.59 bits per heavy atom. The third-order valence-electron chi connectivity index (χ3n) is 7.07. The van der Waals surface area contributed by atoms with Crippen LogP contribution in [0.4, 0.5) is 0 Å². The molecular weight excluding hydrogens is 486 g/mol. The monoisotopic (exact) mass is 511 g/mol. The van der Waals surface area contributed by atoms with Gasteiger partial charge in [0, 0.05) is 0 Å². The number of rotatable bonds is 4. The topological polar surface area (TPSA) is 86.8 Å². The Labute approximate surface area is 215 Å². The van der Waals surface area contributed by atoms with Crippen LogP contribution in [0.3, 0.4) is 0 Å². The van der Waals surface area contributed by atoms with Crippen molar-refractivity contribution in [3.8, 4) is 0 Å². The second kappa shape index (κ2) is 9.05. The molecule has 0 saturated carbocycles. The number of nitrogens with one attached hydrogen (secondary N) is 1. The number of carbonyl (C=O) groups excluding carboxylic acids is 2. The van der Waals surface area contributed by atoms with E-state index in [4.69, 9.17) is 0 Å². The van der Waals surface area contributed by atoms with Crippen molar-refractivity contribution in [3.05, 3.63) is 118 Å². The predicted octanol–water partition coefficient (Wildman–Crippen LogP) is 4.44. The van der Waals surface area contributed by atoms with E-state index in [1.54, 1.807) is 12.1 Å². The minimum absolute atomic E-state index is 0.0627. The van der Waals surface area contributed by atoms with Gasteiger partial charge in [0.1, 0.15) is 17.5 Å². The van der Waals surface area contributed by atoms with E-state index in [0.29, 0.717) is 4.31 Å². The first-order chi connectivity index (χ1) is 17.9. The zero-order chi connectivity index (χ0) is 25.6. The summed E-state index contributed by atoms with van der Waals surface area (Å²) in [6, 6.07) is 25.4. The van der Waals surface area contributed by atoms with Gasteiger partial charge in [-0.25, -0.2) is 17.7 Å². The molecule has 3 aromatic rings. The molecule has 7 nitrogen and oxygen atoms in total. The maximum Gasteiger partial charge on any atom is 0.269 e. The Morgan fingerprint density at radius 3 is 2.32 bits per heavy atom. The van der Waals surface area contributed by atoms with Crippen LogP contribution in [-0.4, -0.2) is 36.1 Å². The Hall–Kier alpha value is -4.17. The van der Waals surface area contributed by atoms with Gasteiger partial charge < -0.3 is 0 Å². The van der Waals surface area contributed by atoms with Crippen molar-refractivity contribution in [2.75, 3.05) is 6.54 Å². The number of benzene rings is 3. The highest BCUT2D eigenvalue weighted by molar-refractivity contribution is 7.90. The molecule has 1 N–H and O–H groups in total. The second-order valence-corrected chi connectivity index (χ2v) is 11.2. The van der Waals surface area contributed by atoms with Crippen LogP contribution >= 0.6 is 0 Å². The van der Waals surface area contributed by atoms with Crippen LogP contribution in [0.2, 0.25) is 0 Å². The van der Waals surface area contributed by atoms with Crippen molar-refractivity contribution in [2.45, 2.75) is 30.2 Å². The molecule has 3 aliphatic rings. The van der Waals surface area contributed by atoms with Crippen molar-refractivity contribution < 1.29 is 18.0 Å². The Morgan fingerprint density at radius 1 is 0.919 bits per heavy atom. The molecule has 1 aliphatic carbocycles. The van der Waals surface area contributed by atoms with Gasteiger partial charge in [-0.15, -0.1) is 0 Å². The van der Waals surface area contributed by atoms with Crippen LogP contribution in [0.5, 0.6) is 0 Å². The number of allylic oxidation sites excluding steroid dienone is 1. The maximum atomic E-state index is 13.7. The third-order valence-corrected chi connectivity index (χ3v) is 8.86. The van der Waals surface area contributed by atoms with E-state index in [0.717, 1.165) is 47.2 Å². The summed E-state index contributed by atoms with van der Waals surface area (Å²) in [5, 5.41) is 1.50. The molecule has 0 radical (unpaired) electrons. The van der Waals surface area contributed by atoms with Gasteiger partial charge >= 0.3 is 0 Å². The first-order valence-corrected chi connectivity index (χ1v) is 13.7. The fourth-order valence-electron chi connectivity index (χ4n) is 5.36.